The van der Waals surface area contributed by atoms with Crippen molar-refractivity contribution in [2.45, 2.75) is 0 Å². The molecule has 0 radical (unpaired) electrons. The van der Waals surface area contributed by atoms with Gasteiger partial charge in [-0.15, -0.1) is 0 Å². The second kappa shape index (κ2) is 4.40. The number of nitrogens with zero attached hydrogens (tertiary/aromatic N) is 2. The standard InChI is InChI=1S/C14H10ClN3O/c15-9-5-6-12(10(7-9)14(16)19)18-8-17-11-3-1-2-4-13(11)18/h1-8H,(H2,16,19). The number of carbonyl (C=O) groups is 1. The highest BCUT2D eigenvalue weighted by molar-refractivity contribution is 6.31. The van der Waals surface area contributed by atoms with Crippen LogP contribution in [0.25, 0.3) is 16.7 Å². The molecule has 0 spiro atoms. The molecular formula is C14H10ClN3O. The molecule has 0 saturated carbocycles. The highest BCUT2D eigenvalue weighted by Gasteiger charge is 2.12. The molecule has 19 heavy (non-hydrogen) atoms. The average Bonchev–Trinajstić information content (AvgIpc) is 2.82. The second-order valence-electron chi connectivity index (χ2n) is 4.13. The van der Waals surface area contributed by atoms with Crippen LogP contribution >= 0.6 is 11.6 Å². The maximum absolute atomic E-state index is 11.5. The number of benzene rings is 2. The molecule has 0 aliphatic heterocycles. The average molecular weight is 272 g/mol. The van der Waals surface area contributed by atoms with Crippen LogP contribution in [0.4, 0.5) is 0 Å². The Morgan fingerprint density at radius 3 is 2.79 bits per heavy atom. The summed E-state index contributed by atoms with van der Waals surface area (Å²) in [5.41, 5.74) is 8.21. The number of aromatic nitrogens is 2. The summed E-state index contributed by atoms with van der Waals surface area (Å²) in [7, 11) is 0. The van der Waals surface area contributed by atoms with Crippen LogP contribution in [0.5, 0.6) is 0 Å². The smallest absolute Gasteiger partial charge is 0.250 e. The molecule has 0 unspecified atom stereocenters. The minimum atomic E-state index is -0.518. The Kier molecular flexibility index (Phi) is 2.72. The van der Waals surface area contributed by atoms with E-state index in [2.05, 4.69) is 4.98 Å². The molecule has 3 rings (SSSR count). The fourth-order valence-corrected chi connectivity index (χ4v) is 2.24. The molecule has 1 amide bonds. The molecule has 94 valence electrons. The molecule has 0 atom stereocenters. The number of halogens is 1. The van der Waals surface area contributed by atoms with Crippen molar-refractivity contribution in [2.75, 3.05) is 0 Å². The fourth-order valence-electron chi connectivity index (χ4n) is 2.07. The first kappa shape index (κ1) is 11.7. The molecule has 1 aromatic heterocycles. The van der Waals surface area contributed by atoms with Crippen molar-refractivity contribution in [3.63, 3.8) is 0 Å². The van der Waals surface area contributed by atoms with Crippen LogP contribution in [0.15, 0.2) is 48.8 Å². The van der Waals surface area contributed by atoms with Crippen LogP contribution in [0, 0.1) is 0 Å². The first-order chi connectivity index (χ1) is 9.16. The lowest BCUT2D eigenvalue weighted by Gasteiger charge is -2.09. The van der Waals surface area contributed by atoms with E-state index in [0.717, 1.165) is 11.0 Å². The van der Waals surface area contributed by atoms with E-state index in [9.17, 15) is 4.79 Å². The summed E-state index contributed by atoms with van der Waals surface area (Å²) in [6.45, 7) is 0. The number of nitrogens with two attached hydrogens (primary N) is 1. The highest BCUT2D eigenvalue weighted by Crippen LogP contribution is 2.23. The lowest BCUT2D eigenvalue weighted by molar-refractivity contribution is 0.100. The van der Waals surface area contributed by atoms with Gasteiger partial charge in [0, 0.05) is 5.02 Å². The highest BCUT2D eigenvalue weighted by atomic mass is 35.5. The van der Waals surface area contributed by atoms with E-state index < -0.39 is 5.91 Å². The van der Waals surface area contributed by atoms with E-state index in [4.69, 9.17) is 17.3 Å². The summed E-state index contributed by atoms with van der Waals surface area (Å²) in [6.07, 6.45) is 1.67. The summed E-state index contributed by atoms with van der Waals surface area (Å²) in [5, 5.41) is 0.474. The third-order valence-electron chi connectivity index (χ3n) is 2.94. The number of hydrogen-bond donors (Lipinski definition) is 1. The van der Waals surface area contributed by atoms with Gasteiger partial charge in [0.25, 0.3) is 5.91 Å². The lowest BCUT2D eigenvalue weighted by atomic mass is 10.1. The van der Waals surface area contributed by atoms with Crippen molar-refractivity contribution in [2.24, 2.45) is 5.73 Å². The number of imidazole rings is 1. The van der Waals surface area contributed by atoms with Gasteiger partial charge in [0.15, 0.2) is 0 Å². The zero-order valence-electron chi connectivity index (χ0n) is 9.88. The number of primary amides is 1. The Hall–Kier alpha value is -2.33. The molecule has 2 N–H and O–H groups in total. The summed E-state index contributed by atoms with van der Waals surface area (Å²) in [6, 6.07) is 12.7. The van der Waals surface area contributed by atoms with Crippen LogP contribution < -0.4 is 5.73 Å². The van der Waals surface area contributed by atoms with Crippen molar-refractivity contribution in [1.82, 2.24) is 9.55 Å². The number of hydrogen-bond acceptors (Lipinski definition) is 2. The lowest BCUT2D eigenvalue weighted by Crippen LogP contribution is -2.14. The van der Waals surface area contributed by atoms with E-state index in [1.807, 2.05) is 28.8 Å². The summed E-state index contributed by atoms with van der Waals surface area (Å²) in [5.74, 6) is -0.518. The fraction of sp³-hybridized carbons (Fsp3) is 0. The van der Waals surface area contributed by atoms with E-state index in [1.54, 1.807) is 24.5 Å². The van der Waals surface area contributed by atoms with Gasteiger partial charge < -0.3 is 5.73 Å². The minimum absolute atomic E-state index is 0.371. The number of amides is 1. The number of fused-ring (bicyclic) bond motifs is 1. The van der Waals surface area contributed by atoms with Crippen LogP contribution in [-0.4, -0.2) is 15.5 Å². The van der Waals surface area contributed by atoms with E-state index in [1.165, 1.54) is 0 Å². The third-order valence-corrected chi connectivity index (χ3v) is 3.17. The first-order valence-electron chi connectivity index (χ1n) is 5.68. The normalized spacial score (nSPS) is 10.8. The van der Waals surface area contributed by atoms with Gasteiger partial charge in [-0.2, -0.15) is 0 Å². The molecule has 0 aliphatic carbocycles. The first-order valence-corrected chi connectivity index (χ1v) is 6.06. The van der Waals surface area contributed by atoms with Crippen molar-refractivity contribution >= 4 is 28.5 Å². The zero-order valence-corrected chi connectivity index (χ0v) is 10.6. The van der Waals surface area contributed by atoms with Crippen molar-refractivity contribution in [3.05, 3.63) is 59.4 Å². The van der Waals surface area contributed by atoms with Crippen molar-refractivity contribution in [3.8, 4) is 5.69 Å². The van der Waals surface area contributed by atoms with Crippen LogP contribution in [0.2, 0.25) is 5.02 Å². The molecule has 4 nitrogen and oxygen atoms in total. The molecule has 0 saturated heterocycles. The molecule has 2 aromatic carbocycles. The Labute approximate surface area is 114 Å². The zero-order chi connectivity index (χ0) is 13.4. The van der Waals surface area contributed by atoms with Crippen LogP contribution in [0.1, 0.15) is 10.4 Å². The number of para-hydroxylation sites is 2. The second-order valence-corrected chi connectivity index (χ2v) is 4.57. The van der Waals surface area contributed by atoms with E-state index >= 15 is 0 Å². The van der Waals surface area contributed by atoms with Crippen LogP contribution in [0.3, 0.4) is 0 Å². The van der Waals surface area contributed by atoms with E-state index in [-0.39, 0.29) is 0 Å². The maximum Gasteiger partial charge on any atom is 0.250 e. The summed E-state index contributed by atoms with van der Waals surface area (Å²) in [4.78, 5) is 15.8. The third kappa shape index (κ3) is 1.96. The van der Waals surface area contributed by atoms with Crippen LogP contribution in [-0.2, 0) is 0 Å². The monoisotopic (exact) mass is 271 g/mol. The molecular weight excluding hydrogens is 262 g/mol. The van der Waals surface area contributed by atoms with Gasteiger partial charge in [0.2, 0.25) is 0 Å². The predicted octanol–water partition coefficient (Wildman–Crippen LogP) is 2.78. The van der Waals surface area contributed by atoms with Gasteiger partial charge in [0.05, 0.1) is 22.3 Å². The summed E-state index contributed by atoms with van der Waals surface area (Å²) < 4.78 is 1.83. The molecule has 0 aliphatic rings. The Morgan fingerprint density at radius 2 is 2.00 bits per heavy atom. The Balaban J connectivity index is 2.30. The summed E-state index contributed by atoms with van der Waals surface area (Å²) >= 11 is 5.91. The van der Waals surface area contributed by atoms with Gasteiger partial charge in [0.1, 0.15) is 6.33 Å². The van der Waals surface area contributed by atoms with Gasteiger partial charge in [-0.05, 0) is 30.3 Å². The molecule has 3 aromatic rings. The topological polar surface area (TPSA) is 60.9 Å². The van der Waals surface area contributed by atoms with Crippen molar-refractivity contribution in [1.29, 1.82) is 0 Å². The largest absolute Gasteiger partial charge is 0.366 e. The number of rotatable bonds is 2. The molecule has 1 heterocycles. The quantitative estimate of drug-likeness (QED) is 0.779. The predicted molar refractivity (Wildman–Crippen MR) is 74.6 cm³/mol. The SMILES string of the molecule is NC(=O)c1cc(Cl)ccc1-n1cnc2ccccc21. The van der Waals surface area contributed by atoms with E-state index in [0.29, 0.717) is 16.3 Å². The van der Waals surface area contributed by atoms with Crippen molar-refractivity contribution < 1.29 is 4.79 Å². The molecule has 0 bridgehead atoms. The molecule has 0 fully saturated rings. The van der Waals surface area contributed by atoms with Gasteiger partial charge in [-0.1, -0.05) is 23.7 Å². The minimum Gasteiger partial charge on any atom is -0.366 e. The maximum atomic E-state index is 11.5. The number of carbonyl (C=O) groups excluding carboxylic acids is 1. The Morgan fingerprint density at radius 1 is 1.21 bits per heavy atom. The molecule has 5 heteroatoms. The van der Waals surface area contributed by atoms with Gasteiger partial charge in [-0.25, -0.2) is 4.98 Å². The van der Waals surface area contributed by atoms with Gasteiger partial charge in [-0.3, -0.25) is 9.36 Å². The van der Waals surface area contributed by atoms with Gasteiger partial charge >= 0.3 is 0 Å². The Bertz CT molecular complexity index is 779.